The summed E-state index contributed by atoms with van der Waals surface area (Å²) in [5.74, 6) is -2.11. The van der Waals surface area contributed by atoms with Gasteiger partial charge in [0.1, 0.15) is 16.3 Å². The van der Waals surface area contributed by atoms with Crippen molar-refractivity contribution in [1.29, 1.82) is 0 Å². The molecule has 15 heteroatoms. The molecule has 0 aliphatic heterocycles. The summed E-state index contributed by atoms with van der Waals surface area (Å²) in [6.07, 6.45) is 4.89. The number of rotatable bonds is 7. The van der Waals surface area contributed by atoms with Gasteiger partial charge in [0.25, 0.3) is 10.1 Å². The Labute approximate surface area is 254 Å². The molecule has 224 valence electrons. The number of Topliss-reactive ketones (excluding diaryl/α,β-unsaturated/α-hetero) is 1. The number of carboxylic acid groups (broad SMARTS) is 1. The van der Waals surface area contributed by atoms with Gasteiger partial charge in [-0.05, 0) is 84.5 Å². The van der Waals surface area contributed by atoms with Gasteiger partial charge in [0.2, 0.25) is 5.78 Å². The van der Waals surface area contributed by atoms with Gasteiger partial charge in [-0.2, -0.15) is 18.6 Å². The molecule has 0 bridgehead atoms. The van der Waals surface area contributed by atoms with Crippen LogP contribution in [0.25, 0.3) is 28.5 Å². The van der Waals surface area contributed by atoms with Crippen molar-refractivity contribution >= 4 is 73.2 Å². The maximum absolute atomic E-state index is 13.1. The van der Waals surface area contributed by atoms with Crippen molar-refractivity contribution in [2.75, 3.05) is 16.6 Å². The number of fused-ring (bicyclic) bond motifs is 2. The zero-order valence-corrected chi connectivity index (χ0v) is 23.7. The molecule has 0 saturated heterocycles. The lowest BCUT2D eigenvalue weighted by Crippen LogP contribution is -2.27. The smallest absolute Gasteiger partial charge is 0.339 e. The van der Waals surface area contributed by atoms with E-state index in [2.05, 4.69) is 31.0 Å². The number of nitrogens with one attached hydrogen (secondary N) is 3. The lowest BCUT2D eigenvalue weighted by Gasteiger charge is -2.16. The number of anilines is 3. The molecule has 0 amide bonds. The molecule has 0 radical (unpaired) electrons. The number of hydrogen-bond acceptors (Lipinski definition) is 11. The molecule has 2 aliphatic carbocycles. The number of aliphatic carboxylic acids is 1. The molecule has 1 aromatic heterocycles. The van der Waals surface area contributed by atoms with Crippen LogP contribution >= 0.6 is 0 Å². The van der Waals surface area contributed by atoms with Crippen molar-refractivity contribution < 1.29 is 32.5 Å². The number of nitrogens with two attached hydrogens (primary N) is 1. The van der Waals surface area contributed by atoms with Gasteiger partial charge in [-0.3, -0.25) is 25.0 Å². The molecular formula is C30H21N7O7S. The fourth-order valence-corrected chi connectivity index (χ4v) is 5.23. The number of benzene rings is 3. The normalized spacial score (nSPS) is 16.5. The van der Waals surface area contributed by atoms with E-state index in [0.29, 0.717) is 33.9 Å². The molecule has 6 rings (SSSR count). The Morgan fingerprint density at radius 1 is 0.911 bits per heavy atom. The number of imidazole rings is 1. The van der Waals surface area contributed by atoms with Crippen LogP contribution in [0.4, 0.5) is 17.1 Å². The van der Waals surface area contributed by atoms with E-state index in [1.54, 1.807) is 42.5 Å². The average molecular weight is 624 g/mol. The summed E-state index contributed by atoms with van der Waals surface area (Å²) in [5.41, 5.74) is 14.4. The van der Waals surface area contributed by atoms with E-state index in [9.17, 15) is 27.4 Å². The Hall–Kier alpha value is -6.19. The molecular weight excluding hydrogens is 602 g/mol. The lowest BCUT2D eigenvalue weighted by atomic mass is 9.94. The Kier molecular flexibility index (Phi) is 7.16. The number of carbonyl (C=O) groups is 3. The van der Waals surface area contributed by atoms with E-state index in [4.69, 9.17) is 10.8 Å². The third-order valence-corrected chi connectivity index (χ3v) is 7.65. The highest BCUT2D eigenvalue weighted by Gasteiger charge is 2.33. The van der Waals surface area contributed by atoms with Crippen molar-refractivity contribution in [1.82, 2.24) is 9.97 Å². The molecule has 3 aromatic carbocycles. The van der Waals surface area contributed by atoms with E-state index >= 15 is 0 Å². The minimum Gasteiger partial charge on any atom is -0.478 e. The number of nitrogens with zero attached hydrogens (tertiary/aromatic N) is 3. The molecule has 0 atom stereocenters. The Morgan fingerprint density at radius 3 is 2.38 bits per heavy atom. The van der Waals surface area contributed by atoms with Gasteiger partial charge in [0.15, 0.2) is 11.5 Å². The monoisotopic (exact) mass is 623 g/mol. The molecule has 0 saturated carbocycles. The predicted octanol–water partition coefficient (Wildman–Crippen LogP) is 3.62. The molecule has 45 heavy (non-hydrogen) atoms. The van der Waals surface area contributed by atoms with Gasteiger partial charge in [0, 0.05) is 16.8 Å². The van der Waals surface area contributed by atoms with Crippen LogP contribution in [-0.4, -0.2) is 57.0 Å². The summed E-state index contributed by atoms with van der Waals surface area (Å²) in [6.45, 7) is 0. The number of hydrazone groups is 2. The average Bonchev–Trinajstić information content (AvgIpc) is 3.43. The van der Waals surface area contributed by atoms with Crippen LogP contribution in [0, 0.1) is 0 Å². The second-order valence-electron chi connectivity index (χ2n) is 9.84. The minimum absolute atomic E-state index is 0.150. The van der Waals surface area contributed by atoms with Crippen molar-refractivity contribution in [2.24, 2.45) is 10.2 Å². The van der Waals surface area contributed by atoms with Gasteiger partial charge in [-0.15, -0.1) is 0 Å². The van der Waals surface area contributed by atoms with E-state index in [0.717, 1.165) is 17.7 Å². The number of ketones is 2. The Morgan fingerprint density at radius 2 is 1.64 bits per heavy atom. The van der Waals surface area contributed by atoms with E-state index in [-0.39, 0.29) is 22.4 Å². The highest BCUT2D eigenvalue weighted by Crippen LogP contribution is 2.28. The van der Waals surface area contributed by atoms with Crippen LogP contribution in [0.15, 0.2) is 99.6 Å². The van der Waals surface area contributed by atoms with Gasteiger partial charge < -0.3 is 15.8 Å². The maximum Gasteiger partial charge on any atom is 0.339 e. The predicted molar refractivity (Wildman–Crippen MR) is 168 cm³/mol. The van der Waals surface area contributed by atoms with Crippen LogP contribution in [0.3, 0.4) is 0 Å². The Balaban J connectivity index is 1.21. The van der Waals surface area contributed by atoms with Crippen molar-refractivity contribution in [3.63, 3.8) is 0 Å². The quantitative estimate of drug-likeness (QED) is 0.0572. The second-order valence-corrected chi connectivity index (χ2v) is 11.2. The van der Waals surface area contributed by atoms with Crippen LogP contribution in [0.5, 0.6) is 0 Å². The number of aromatic nitrogens is 2. The summed E-state index contributed by atoms with van der Waals surface area (Å²) in [4.78, 5) is 43.1. The van der Waals surface area contributed by atoms with E-state index in [1.165, 1.54) is 30.4 Å². The largest absolute Gasteiger partial charge is 0.478 e. The molecule has 1 heterocycles. The van der Waals surface area contributed by atoms with Crippen LogP contribution in [0.2, 0.25) is 0 Å². The molecule has 0 fully saturated rings. The zero-order chi connectivity index (χ0) is 31.9. The van der Waals surface area contributed by atoms with Gasteiger partial charge in [-0.1, -0.05) is 6.07 Å². The lowest BCUT2D eigenvalue weighted by molar-refractivity contribution is -0.134. The third kappa shape index (κ3) is 5.88. The van der Waals surface area contributed by atoms with E-state index < -0.39 is 38.3 Å². The number of carboxylic acids is 1. The number of hydrogen-bond donors (Lipinski definition) is 6. The summed E-state index contributed by atoms with van der Waals surface area (Å²) < 4.78 is 33.9. The van der Waals surface area contributed by atoms with Crippen molar-refractivity contribution in [2.45, 2.75) is 0 Å². The number of nitrogen functional groups attached to an aromatic ring is 1. The van der Waals surface area contributed by atoms with Crippen molar-refractivity contribution in [3.05, 3.63) is 100 Å². The number of carbonyl (C=O) groups excluding carboxylic acids is 2. The van der Waals surface area contributed by atoms with Crippen LogP contribution < -0.4 is 16.6 Å². The van der Waals surface area contributed by atoms with Gasteiger partial charge in [0.05, 0.1) is 28.1 Å². The first kappa shape index (κ1) is 28.9. The minimum atomic E-state index is -4.78. The van der Waals surface area contributed by atoms with Crippen LogP contribution in [-0.2, 0) is 19.7 Å². The van der Waals surface area contributed by atoms with Gasteiger partial charge in [-0.25, -0.2) is 9.78 Å². The first-order valence-electron chi connectivity index (χ1n) is 13.0. The zero-order valence-electron chi connectivity index (χ0n) is 22.8. The Bertz CT molecular complexity index is 2210. The fraction of sp³-hybridized carbons (Fsp3) is 0. The van der Waals surface area contributed by atoms with Crippen LogP contribution in [0.1, 0.15) is 15.9 Å². The fourth-order valence-electron chi connectivity index (χ4n) is 4.57. The summed E-state index contributed by atoms with van der Waals surface area (Å²) in [7, 11) is -4.78. The first-order valence-corrected chi connectivity index (χ1v) is 14.5. The topological polar surface area (TPSA) is 229 Å². The molecule has 4 aromatic rings. The number of H-pyrrole nitrogens is 1. The molecule has 0 unspecified atom stereocenters. The molecule has 0 spiro atoms. The molecule has 2 aliphatic rings. The van der Waals surface area contributed by atoms with Crippen molar-refractivity contribution in [3.8, 4) is 11.4 Å². The molecule has 14 nitrogen and oxygen atoms in total. The first-order chi connectivity index (χ1) is 21.5. The summed E-state index contributed by atoms with van der Waals surface area (Å²) in [5, 5.41) is 17.3. The molecule has 7 N–H and O–H groups in total. The number of allylic oxidation sites excluding steroid dienone is 4. The second kappa shape index (κ2) is 11.1. The maximum atomic E-state index is 13.1. The van der Waals surface area contributed by atoms with Gasteiger partial charge >= 0.3 is 5.97 Å². The standard InChI is InChI=1S/C30H21N7O7S/c31-17-4-1-16-11-26(45(42,43)44)27(28(39)21(16)12-17)37-36-20-7-9-23-24(14-20)33-29(32-23)15-2-5-18(6-3-15)34-35-19-8-10-25(38)22(13-19)30(40)41/h1-14,34,36H,31H2,(H,32,33)(H,40,41)(H,42,43,44)/b35-19-,37-27+. The summed E-state index contributed by atoms with van der Waals surface area (Å²) in [6, 6.07) is 16.4. The number of aromatic amines is 1. The highest BCUT2D eigenvalue weighted by atomic mass is 32.2. The van der Waals surface area contributed by atoms with E-state index in [1.807, 2.05) is 0 Å². The SMILES string of the molecule is Nc1ccc2c(c1)C(=O)/C(=N/Nc1ccc3nc(-c4ccc(N/N=C5/C=CC(=O)C(C(=O)O)=C5)cc4)[nH]c3c1)C(S(=O)(=O)O)=C2. The third-order valence-electron chi connectivity index (χ3n) is 6.78. The highest BCUT2D eigenvalue weighted by molar-refractivity contribution is 7.91. The summed E-state index contributed by atoms with van der Waals surface area (Å²) >= 11 is 0.